The fourth-order valence-corrected chi connectivity index (χ4v) is 5.52. The molecular weight excluding hydrogens is 485 g/mol. The number of methoxy groups -OCH3 is 1. The molecule has 0 bridgehead atoms. The molecule has 1 saturated heterocycles. The monoisotopic (exact) mass is 513 g/mol. The van der Waals surface area contributed by atoms with E-state index in [1.165, 1.54) is 12.4 Å². The Hall–Kier alpha value is -3.17. The summed E-state index contributed by atoms with van der Waals surface area (Å²) in [7, 11) is 1.59. The average molecular weight is 514 g/mol. The molecule has 0 radical (unpaired) electrons. The Kier molecular flexibility index (Phi) is 7.11. The van der Waals surface area contributed by atoms with Gasteiger partial charge in [0.1, 0.15) is 12.1 Å². The SMILES string of the molecule is COc1cc2ncnc(Nc3cccc(Cl)c3F)c2cc1OC1CCC(N2CCC[C@H]2C(N)=O)CC1. The van der Waals surface area contributed by atoms with Crippen LogP contribution in [0.4, 0.5) is 15.9 Å². The zero-order chi connectivity index (χ0) is 25.2. The minimum Gasteiger partial charge on any atom is -0.493 e. The van der Waals surface area contributed by atoms with Crippen LogP contribution in [0.5, 0.6) is 11.5 Å². The summed E-state index contributed by atoms with van der Waals surface area (Å²) in [4.78, 5) is 22.8. The second-order valence-electron chi connectivity index (χ2n) is 9.32. The lowest BCUT2D eigenvalue weighted by atomic mass is 9.91. The number of aromatic nitrogens is 2. The van der Waals surface area contributed by atoms with Gasteiger partial charge in [-0.2, -0.15) is 0 Å². The van der Waals surface area contributed by atoms with E-state index >= 15 is 0 Å². The molecule has 1 amide bonds. The molecule has 3 aromatic rings. The summed E-state index contributed by atoms with van der Waals surface area (Å²) in [5.41, 5.74) is 6.47. The Morgan fingerprint density at radius 1 is 1.17 bits per heavy atom. The molecule has 1 aliphatic carbocycles. The van der Waals surface area contributed by atoms with Crippen LogP contribution in [-0.2, 0) is 4.79 Å². The first-order valence-corrected chi connectivity index (χ1v) is 12.6. The van der Waals surface area contributed by atoms with Crippen molar-refractivity contribution in [2.24, 2.45) is 5.73 Å². The van der Waals surface area contributed by atoms with Crippen molar-refractivity contribution in [2.45, 2.75) is 56.7 Å². The zero-order valence-corrected chi connectivity index (χ0v) is 20.8. The number of hydrogen-bond donors (Lipinski definition) is 2. The fraction of sp³-hybridized carbons (Fsp3) is 0.423. The van der Waals surface area contributed by atoms with Gasteiger partial charge in [-0.25, -0.2) is 14.4 Å². The smallest absolute Gasteiger partial charge is 0.234 e. The molecule has 1 saturated carbocycles. The molecule has 2 fully saturated rings. The third-order valence-electron chi connectivity index (χ3n) is 7.15. The van der Waals surface area contributed by atoms with E-state index in [0.717, 1.165) is 45.1 Å². The number of carbonyl (C=O) groups excluding carboxylic acids is 1. The van der Waals surface area contributed by atoms with Gasteiger partial charge in [-0.15, -0.1) is 0 Å². The molecule has 0 spiro atoms. The number of carbonyl (C=O) groups is 1. The van der Waals surface area contributed by atoms with Crippen molar-refractivity contribution in [3.63, 3.8) is 0 Å². The summed E-state index contributed by atoms with van der Waals surface area (Å²) in [6, 6.07) is 8.57. The van der Waals surface area contributed by atoms with Crippen LogP contribution in [0.15, 0.2) is 36.7 Å². The van der Waals surface area contributed by atoms with E-state index < -0.39 is 5.82 Å². The highest BCUT2D eigenvalue weighted by Crippen LogP contribution is 2.38. The van der Waals surface area contributed by atoms with Crippen molar-refractivity contribution in [1.82, 2.24) is 14.9 Å². The number of likely N-dealkylation sites (tertiary alicyclic amines) is 1. The minimum atomic E-state index is -0.552. The van der Waals surface area contributed by atoms with Gasteiger partial charge in [0.05, 0.1) is 35.5 Å². The van der Waals surface area contributed by atoms with Crippen molar-refractivity contribution >= 4 is 39.9 Å². The molecule has 1 aromatic heterocycles. The number of rotatable bonds is 7. The van der Waals surface area contributed by atoms with Gasteiger partial charge >= 0.3 is 0 Å². The first-order chi connectivity index (χ1) is 17.4. The maximum Gasteiger partial charge on any atom is 0.234 e. The van der Waals surface area contributed by atoms with E-state index in [1.54, 1.807) is 25.3 Å². The van der Waals surface area contributed by atoms with Crippen LogP contribution in [0.1, 0.15) is 38.5 Å². The number of anilines is 2. The molecule has 3 N–H and O–H groups in total. The van der Waals surface area contributed by atoms with Gasteiger partial charge in [-0.05, 0) is 63.3 Å². The second kappa shape index (κ2) is 10.4. The lowest BCUT2D eigenvalue weighted by molar-refractivity contribution is -0.123. The number of nitrogens with one attached hydrogen (secondary N) is 1. The third-order valence-corrected chi connectivity index (χ3v) is 7.45. The van der Waals surface area contributed by atoms with Crippen LogP contribution < -0.4 is 20.5 Å². The summed E-state index contributed by atoms with van der Waals surface area (Å²) < 4.78 is 26.5. The summed E-state index contributed by atoms with van der Waals surface area (Å²) in [5, 5.41) is 3.72. The molecule has 1 atom stereocenters. The highest BCUT2D eigenvalue weighted by atomic mass is 35.5. The molecule has 2 aliphatic rings. The van der Waals surface area contributed by atoms with Crippen molar-refractivity contribution in [3.8, 4) is 11.5 Å². The molecular formula is C26H29ClFN5O3. The van der Waals surface area contributed by atoms with Gasteiger partial charge in [-0.1, -0.05) is 17.7 Å². The maximum absolute atomic E-state index is 14.5. The van der Waals surface area contributed by atoms with E-state index in [4.69, 9.17) is 26.8 Å². The first kappa shape index (κ1) is 24.5. The number of amides is 1. The number of benzene rings is 2. The van der Waals surface area contributed by atoms with Crippen molar-refractivity contribution < 1.29 is 18.7 Å². The number of halogens is 2. The molecule has 8 nitrogen and oxygen atoms in total. The van der Waals surface area contributed by atoms with Gasteiger partial charge in [0.15, 0.2) is 17.3 Å². The van der Waals surface area contributed by atoms with E-state index in [1.807, 2.05) is 6.07 Å². The third kappa shape index (κ3) is 4.90. The molecule has 10 heteroatoms. The van der Waals surface area contributed by atoms with Gasteiger partial charge in [-0.3, -0.25) is 9.69 Å². The standard InChI is InChI=1S/C26H29ClFN5O3/c1-35-22-13-20-17(26(31-14-30-20)32-19-5-2-4-18(27)24(19)28)12-23(22)36-16-9-7-15(8-10-16)33-11-3-6-21(33)25(29)34/h2,4-5,12-16,21H,3,6-11H2,1H3,(H2,29,34)(H,30,31,32)/t15?,16?,21-/m0/s1. The quantitative estimate of drug-likeness (QED) is 0.467. The Morgan fingerprint density at radius 2 is 1.97 bits per heavy atom. The lowest BCUT2D eigenvalue weighted by Gasteiger charge is -2.37. The molecule has 2 aromatic carbocycles. The largest absolute Gasteiger partial charge is 0.493 e. The van der Waals surface area contributed by atoms with Gasteiger partial charge in [0.25, 0.3) is 0 Å². The number of hydrogen-bond acceptors (Lipinski definition) is 7. The topological polar surface area (TPSA) is 103 Å². The number of nitrogens with two attached hydrogens (primary N) is 1. The first-order valence-electron chi connectivity index (χ1n) is 12.2. The molecule has 36 heavy (non-hydrogen) atoms. The van der Waals surface area contributed by atoms with E-state index in [-0.39, 0.29) is 28.8 Å². The number of primary amides is 1. The van der Waals surface area contributed by atoms with Crippen LogP contribution in [-0.4, -0.2) is 52.6 Å². The second-order valence-corrected chi connectivity index (χ2v) is 9.72. The van der Waals surface area contributed by atoms with Crippen LogP contribution in [0.3, 0.4) is 0 Å². The maximum atomic E-state index is 14.5. The molecule has 190 valence electrons. The molecule has 0 unspecified atom stereocenters. The normalized spacial score (nSPS) is 22.5. The zero-order valence-electron chi connectivity index (χ0n) is 20.0. The average Bonchev–Trinajstić information content (AvgIpc) is 3.38. The number of ether oxygens (including phenoxy) is 2. The highest BCUT2D eigenvalue weighted by molar-refractivity contribution is 6.31. The van der Waals surface area contributed by atoms with Crippen LogP contribution >= 0.6 is 11.6 Å². The Labute approximate surface area is 213 Å². The molecule has 5 rings (SSSR count). The number of fused-ring (bicyclic) bond motifs is 1. The Morgan fingerprint density at radius 3 is 2.72 bits per heavy atom. The van der Waals surface area contributed by atoms with Gasteiger partial charge in [0, 0.05) is 17.5 Å². The van der Waals surface area contributed by atoms with Gasteiger partial charge < -0.3 is 20.5 Å². The van der Waals surface area contributed by atoms with E-state index in [0.29, 0.717) is 34.3 Å². The Bertz CT molecular complexity index is 1270. The van der Waals surface area contributed by atoms with Crippen LogP contribution in [0.25, 0.3) is 10.9 Å². The molecule has 1 aliphatic heterocycles. The fourth-order valence-electron chi connectivity index (χ4n) is 5.35. The number of nitrogens with zero attached hydrogens (tertiary/aromatic N) is 3. The van der Waals surface area contributed by atoms with Crippen LogP contribution in [0.2, 0.25) is 5.02 Å². The summed E-state index contributed by atoms with van der Waals surface area (Å²) in [6.45, 7) is 0.922. The highest BCUT2D eigenvalue weighted by Gasteiger charge is 2.36. The van der Waals surface area contributed by atoms with E-state index in [9.17, 15) is 9.18 Å². The Balaban J connectivity index is 1.35. The lowest BCUT2D eigenvalue weighted by Crippen LogP contribution is -2.47. The summed E-state index contributed by atoms with van der Waals surface area (Å²) in [6.07, 6.45) is 6.87. The van der Waals surface area contributed by atoms with Crippen molar-refractivity contribution in [2.75, 3.05) is 19.0 Å². The minimum absolute atomic E-state index is 0.00800. The molecule has 2 heterocycles. The van der Waals surface area contributed by atoms with Crippen molar-refractivity contribution in [3.05, 3.63) is 47.5 Å². The van der Waals surface area contributed by atoms with Crippen molar-refractivity contribution in [1.29, 1.82) is 0 Å². The predicted octanol–water partition coefficient (Wildman–Crippen LogP) is 4.81. The summed E-state index contributed by atoms with van der Waals surface area (Å²) in [5.74, 6) is 0.801. The van der Waals surface area contributed by atoms with E-state index in [2.05, 4.69) is 20.2 Å². The summed E-state index contributed by atoms with van der Waals surface area (Å²) >= 11 is 5.94. The van der Waals surface area contributed by atoms with Gasteiger partial charge in [0.2, 0.25) is 5.91 Å². The van der Waals surface area contributed by atoms with Crippen LogP contribution in [0, 0.1) is 5.82 Å². The predicted molar refractivity (Wildman–Crippen MR) is 136 cm³/mol.